The van der Waals surface area contributed by atoms with Crippen molar-refractivity contribution in [3.05, 3.63) is 17.5 Å². The lowest BCUT2D eigenvalue weighted by Crippen LogP contribution is -2.49. The Bertz CT molecular complexity index is 449. The van der Waals surface area contributed by atoms with Gasteiger partial charge in [0.15, 0.2) is 0 Å². The average molecular weight is 278 g/mol. The first-order valence-corrected chi connectivity index (χ1v) is 7.40. The number of nitrogens with two attached hydrogens (primary N) is 1. The van der Waals surface area contributed by atoms with Gasteiger partial charge < -0.3 is 15.4 Å². The van der Waals surface area contributed by atoms with Gasteiger partial charge in [0.2, 0.25) is 5.95 Å². The summed E-state index contributed by atoms with van der Waals surface area (Å²) >= 11 is 0. The Kier molecular flexibility index (Phi) is 4.94. The van der Waals surface area contributed by atoms with E-state index in [4.69, 9.17) is 15.5 Å². The molecule has 1 fully saturated rings. The lowest BCUT2D eigenvalue weighted by Gasteiger charge is -2.38. The third kappa shape index (κ3) is 3.27. The maximum absolute atomic E-state index is 5.93. The normalized spacial score (nSPS) is 23.4. The third-order valence-electron chi connectivity index (χ3n) is 3.98. The Labute approximate surface area is 121 Å². The fourth-order valence-corrected chi connectivity index (χ4v) is 2.72. The highest BCUT2D eigenvalue weighted by Crippen LogP contribution is 2.25. The smallest absolute Gasteiger partial charge is 0.226 e. The molecule has 0 aliphatic carbocycles. The molecule has 0 spiro atoms. The Balaban J connectivity index is 2.25. The molecule has 0 amide bonds. The van der Waals surface area contributed by atoms with Gasteiger partial charge in [0, 0.05) is 37.6 Å². The fourth-order valence-electron chi connectivity index (χ4n) is 2.72. The quantitative estimate of drug-likeness (QED) is 0.910. The van der Waals surface area contributed by atoms with E-state index >= 15 is 0 Å². The number of aromatic nitrogens is 2. The van der Waals surface area contributed by atoms with Gasteiger partial charge in [0.05, 0.1) is 6.10 Å². The molecule has 2 unspecified atom stereocenters. The number of rotatable bonds is 4. The van der Waals surface area contributed by atoms with Crippen LogP contribution in [0.2, 0.25) is 0 Å². The second kappa shape index (κ2) is 6.50. The Morgan fingerprint density at radius 1 is 1.45 bits per heavy atom. The molecule has 2 N–H and O–H groups in total. The monoisotopic (exact) mass is 278 g/mol. The van der Waals surface area contributed by atoms with E-state index in [2.05, 4.69) is 29.8 Å². The molecular weight excluding hydrogens is 252 g/mol. The molecule has 1 saturated heterocycles. The number of ether oxygens (including phenoxy) is 1. The minimum atomic E-state index is 0.260. The number of hydrogen-bond acceptors (Lipinski definition) is 5. The van der Waals surface area contributed by atoms with Gasteiger partial charge in [-0.2, -0.15) is 0 Å². The van der Waals surface area contributed by atoms with Crippen molar-refractivity contribution >= 4 is 5.95 Å². The van der Waals surface area contributed by atoms with Crippen LogP contribution in [0.5, 0.6) is 0 Å². The second-order valence-corrected chi connectivity index (χ2v) is 5.85. The number of aryl methyl sites for hydroxylation is 1. The van der Waals surface area contributed by atoms with Crippen LogP contribution in [0.4, 0.5) is 5.95 Å². The summed E-state index contributed by atoms with van der Waals surface area (Å²) in [6.07, 6.45) is 2.25. The molecule has 20 heavy (non-hydrogen) atoms. The van der Waals surface area contributed by atoms with Crippen LogP contribution >= 0.6 is 0 Å². The van der Waals surface area contributed by atoms with E-state index in [1.165, 1.54) is 0 Å². The molecule has 0 radical (unpaired) electrons. The topological polar surface area (TPSA) is 64.3 Å². The summed E-state index contributed by atoms with van der Waals surface area (Å²) in [5.74, 6) is 1.22. The van der Waals surface area contributed by atoms with Crippen LogP contribution in [0.25, 0.3) is 0 Å². The molecule has 0 bridgehead atoms. The SMILES string of the molecule is COC1CCN(c2nc(C)cc(C(C)C)n2)C(CN)C1. The summed E-state index contributed by atoms with van der Waals surface area (Å²) in [4.78, 5) is 11.6. The highest BCUT2D eigenvalue weighted by molar-refractivity contribution is 5.36. The van der Waals surface area contributed by atoms with Gasteiger partial charge in [-0.05, 0) is 31.7 Å². The van der Waals surface area contributed by atoms with Gasteiger partial charge in [-0.3, -0.25) is 0 Å². The molecule has 112 valence electrons. The fraction of sp³-hybridized carbons (Fsp3) is 0.733. The third-order valence-corrected chi connectivity index (χ3v) is 3.98. The predicted octanol–water partition coefficient (Wildman–Crippen LogP) is 1.85. The summed E-state index contributed by atoms with van der Waals surface area (Å²) < 4.78 is 5.47. The van der Waals surface area contributed by atoms with Crippen LogP contribution in [0.15, 0.2) is 6.07 Å². The molecule has 1 aromatic rings. The maximum Gasteiger partial charge on any atom is 0.226 e. The van der Waals surface area contributed by atoms with Gasteiger partial charge in [0.1, 0.15) is 0 Å². The zero-order valence-corrected chi connectivity index (χ0v) is 13.0. The van der Waals surface area contributed by atoms with Crippen molar-refractivity contribution in [2.24, 2.45) is 5.73 Å². The molecule has 2 rings (SSSR count). The zero-order chi connectivity index (χ0) is 14.7. The van der Waals surface area contributed by atoms with Crippen LogP contribution in [0.3, 0.4) is 0 Å². The summed E-state index contributed by atoms with van der Waals surface area (Å²) in [5, 5.41) is 0. The van der Waals surface area contributed by atoms with Gasteiger partial charge >= 0.3 is 0 Å². The summed E-state index contributed by atoms with van der Waals surface area (Å²) in [6.45, 7) is 7.85. The molecule has 2 atom stereocenters. The van der Waals surface area contributed by atoms with Crippen LogP contribution in [-0.4, -0.2) is 42.3 Å². The van der Waals surface area contributed by atoms with E-state index < -0.39 is 0 Å². The van der Waals surface area contributed by atoms with Crippen molar-refractivity contribution < 1.29 is 4.74 Å². The lowest BCUT2D eigenvalue weighted by atomic mass is 9.99. The Morgan fingerprint density at radius 3 is 2.80 bits per heavy atom. The first-order chi connectivity index (χ1) is 9.55. The lowest BCUT2D eigenvalue weighted by molar-refractivity contribution is 0.0706. The van der Waals surface area contributed by atoms with Gasteiger partial charge in [-0.1, -0.05) is 13.8 Å². The Hall–Kier alpha value is -1.20. The van der Waals surface area contributed by atoms with E-state index in [0.717, 1.165) is 36.7 Å². The van der Waals surface area contributed by atoms with E-state index in [-0.39, 0.29) is 6.04 Å². The molecule has 5 nitrogen and oxygen atoms in total. The first kappa shape index (κ1) is 15.2. The first-order valence-electron chi connectivity index (χ1n) is 7.40. The summed E-state index contributed by atoms with van der Waals surface area (Å²) in [7, 11) is 1.77. The number of anilines is 1. The summed E-state index contributed by atoms with van der Waals surface area (Å²) in [6, 6.07) is 2.32. The second-order valence-electron chi connectivity index (χ2n) is 5.85. The van der Waals surface area contributed by atoms with Crippen LogP contribution in [-0.2, 0) is 4.74 Å². The van der Waals surface area contributed by atoms with Crippen molar-refractivity contribution in [3.63, 3.8) is 0 Å². The molecule has 2 heterocycles. The largest absolute Gasteiger partial charge is 0.381 e. The maximum atomic E-state index is 5.93. The minimum absolute atomic E-state index is 0.260. The van der Waals surface area contributed by atoms with Crippen LogP contribution in [0, 0.1) is 6.92 Å². The average Bonchev–Trinajstić information content (AvgIpc) is 2.45. The molecule has 5 heteroatoms. The standard InChI is InChI=1S/C15H26N4O/c1-10(2)14-7-11(3)17-15(18-14)19-6-5-13(20-4)8-12(19)9-16/h7,10,12-13H,5-6,8-9,16H2,1-4H3. The number of hydrogen-bond donors (Lipinski definition) is 1. The number of piperidine rings is 1. The number of nitrogens with zero attached hydrogens (tertiary/aromatic N) is 3. The number of methoxy groups -OCH3 is 1. The van der Waals surface area contributed by atoms with Crippen molar-refractivity contribution in [1.29, 1.82) is 0 Å². The van der Waals surface area contributed by atoms with E-state index in [1.54, 1.807) is 7.11 Å². The van der Waals surface area contributed by atoms with Crippen LogP contribution in [0.1, 0.15) is 44.0 Å². The van der Waals surface area contributed by atoms with E-state index in [0.29, 0.717) is 18.6 Å². The molecule has 0 saturated carbocycles. The van der Waals surface area contributed by atoms with Gasteiger partial charge in [-0.15, -0.1) is 0 Å². The molecule has 1 aliphatic heterocycles. The van der Waals surface area contributed by atoms with Crippen LogP contribution < -0.4 is 10.6 Å². The molecule has 0 aromatic carbocycles. The minimum Gasteiger partial charge on any atom is -0.381 e. The van der Waals surface area contributed by atoms with E-state index in [9.17, 15) is 0 Å². The molecule has 1 aromatic heterocycles. The van der Waals surface area contributed by atoms with Crippen molar-refractivity contribution in [2.75, 3.05) is 25.1 Å². The highest BCUT2D eigenvalue weighted by atomic mass is 16.5. The van der Waals surface area contributed by atoms with Gasteiger partial charge in [-0.25, -0.2) is 9.97 Å². The predicted molar refractivity (Wildman–Crippen MR) is 81.1 cm³/mol. The van der Waals surface area contributed by atoms with Crippen molar-refractivity contribution in [2.45, 2.75) is 51.7 Å². The Morgan fingerprint density at radius 2 is 2.20 bits per heavy atom. The molecule has 1 aliphatic rings. The van der Waals surface area contributed by atoms with Crippen molar-refractivity contribution in [1.82, 2.24) is 9.97 Å². The van der Waals surface area contributed by atoms with Gasteiger partial charge in [0.25, 0.3) is 0 Å². The molecular formula is C15H26N4O. The highest BCUT2D eigenvalue weighted by Gasteiger charge is 2.29. The van der Waals surface area contributed by atoms with E-state index in [1.807, 2.05) is 6.92 Å². The van der Waals surface area contributed by atoms with Crippen molar-refractivity contribution in [3.8, 4) is 0 Å². The summed E-state index contributed by atoms with van der Waals surface area (Å²) in [5.41, 5.74) is 8.04. The zero-order valence-electron chi connectivity index (χ0n) is 13.0.